The monoisotopic (exact) mass is 439 g/mol. The number of rotatable bonds is 8. The minimum atomic E-state index is -0.443. The maximum atomic E-state index is 12.1. The summed E-state index contributed by atoms with van der Waals surface area (Å²) in [6.07, 6.45) is 1.61. The second-order valence-electron chi connectivity index (χ2n) is 6.52. The number of carbonyl (C=O) groups is 3. The maximum Gasteiger partial charge on any atom is 0.269 e. The van der Waals surface area contributed by atoms with Crippen molar-refractivity contribution in [2.75, 3.05) is 16.8 Å². The molecule has 0 fully saturated rings. The summed E-state index contributed by atoms with van der Waals surface area (Å²) >= 11 is 1.34. The summed E-state index contributed by atoms with van der Waals surface area (Å²) in [5, 5.41) is 13.7. The first kappa shape index (κ1) is 22.0. The Morgan fingerprint density at radius 2 is 1.71 bits per heavy atom. The zero-order valence-electron chi connectivity index (χ0n) is 16.7. The average Bonchev–Trinajstić information content (AvgIpc) is 3.32. The van der Waals surface area contributed by atoms with Gasteiger partial charge in [-0.05, 0) is 53.7 Å². The van der Waals surface area contributed by atoms with Crippen LogP contribution in [0.4, 0.5) is 5.69 Å². The van der Waals surface area contributed by atoms with Crippen LogP contribution in [0.5, 0.6) is 0 Å². The number of tetrazole rings is 1. The molecule has 3 rings (SSSR count). The fraction of sp³-hybridized carbons (Fsp3) is 0.200. The number of hydrazine groups is 1. The lowest BCUT2D eigenvalue weighted by Crippen LogP contribution is -2.41. The Hall–Kier alpha value is -3.73. The van der Waals surface area contributed by atoms with E-state index in [-0.39, 0.29) is 24.0 Å². The van der Waals surface area contributed by atoms with E-state index in [0.29, 0.717) is 17.0 Å². The van der Waals surface area contributed by atoms with Gasteiger partial charge in [0.2, 0.25) is 11.8 Å². The largest absolute Gasteiger partial charge is 0.325 e. The van der Waals surface area contributed by atoms with Crippen molar-refractivity contribution in [3.8, 4) is 5.69 Å². The number of hydrogen-bond acceptors (Lipinski definition) is 7. The van der Waals surface area contributed by atoms with Crippen molar-refractivity contribution in [3.05, 3.63) is 66.0 Å². The molecule has 0 saturated carbocycles. The van der Waals surface area contributed by atoms with E-state index in [2.05, 4.69) is 31.7 Å². The molecule has 3 amide bonds. The molecule has 0 aliphatic carbocycles. The molecule has 3 aromatic rings. The first-order valence-electron chi connectivity index (χ1n) is 9.38. The van der Waals surface area contributed by atoms with Crippen molar-refractivity contribution in [1.29, 1.82) is 0 Å². The molecule has 31 heavy (non-hydrogen) atoms. The van der Waals surface area contributed by atoms with E-state index in [9.17, 15) is 14.4 Å². The second kappa shape index (κ2) is 10.9. The molecule has 1 heterocycles. The SMILES string of the molecule is Cc1ccc(NC(=O)CSCCC(=O)NNC(=O)c2ccc(-n3cnnn3)cc2)cc1. The summed E-state index contributed by atoms with van der Waals surface area (Å²) in [5.74, 6) is -0.232. The van der Waals surface area contributed by atoms with Gasteiger partial charge in [-0.25, -0.2) is 4.68 Å². The van der Waals surface area contributed by atoms with Gasteiger partial charge in [0.05, 0.1) is 11.4 Å². The third kappa shape index (κ3) is 6.93. The zero-order valence-corrected chi connectivity index (χ0v) is 17.6. The first-order valence-corrected chi connectivity index (χ1v) is 10.5. The Bertz CT molecular complexity index is 1020. The van der Waals surface area contributed by atoms with E-state index < -0.39 is 5.91 Å². The molecule has 0 bridgehead atoms. The van der Waals surface area contributed by atoms with E-state index >= 15 is 0 Å². The topological polar surface area (TPSA) is 131 Å². The zero-order chi connectivity index (χ0) is 22.1. The van der Waals surface area contributed by atoms with Crippen LogP contribution >= 0.6 is 11.8 Å². The van der Waals surface area contributed by atoms with Crippen LogP contribution in [-0.2, 0) is 9.59 Å². The van der Waals surface area contributed by atoms with Gasteiger partial charge < -0.3 is 5.32 Å². The molecule has 0 spiro atoms. The summed E-state index contributed by atoms with van der Waals surface area (Å²) < 4.78 is 1.46. The van der Waals surface area contributed by atoms with E-state index in [1.807, 2.05) is 31.2 Å². The van der Waals surface area contributed by atoms with Gasteiger partial charge in [0, 0.05) is 23.4 Å². The van der Waals surface area contributed by atoms with Gasteiger partial charge in [-0.2, -0.15) is 11.8 Å². The number of nitrogens with one attached hydrogen (secondary N) is 3. The Labute approximate surface area is 182 Å². The summed E-state index contributed by atoms with van der Waals surface area (Å²) in [6.45, 7) is 1.98. The highest BCUT2D eigenvalue weighted by Gasteiger charge is 2.09. The lowest BCUT2D eigenvalue weighted by molar-refractivity contribution is -0.121. The quantitative estimate of drug-likeness (QED) is 0.358. The van der Waals surface area contributed by atoms with Crippen molar-refractivity contribution >= 4 is 35.2 Å². The fourth-order valence-electron chi connectivity index (χ4n) is 2.47. The number of aryl methyl sites for hydroxylation is 1. The Balaban J connectivity index is 1.32. The Morgan fingerprint density at radius 1 is 0.968 bits per heavy atom. The number of aromatic nitrogens is 4. The van der Waals surface area contributed by atoms with Gasteiger partial charge >= 0.3 is 0 Å². The summed E-state index contributed by atoms with van der Waals surface area (Å²) in [5.41, 5.74) is 7.67. The van der Waals surface area contributed by atoms with Crippen LogP contribution in [0.3, 0.4) is 0 Å². The van der Waals surface area contributed by atoms with E-state index in [1.54, 1.807) is 24.3 Å². The molecule has 10 nitrogen and oxygen atoms in total. The molecule has 0 aliphatic rings. The number of hydrogen-bond donors (Lipinski definition) is 3. The van der Waals surface area contributed by atoms with Gasteiger partial charge in [0.25, 0.3) is 5.91 Å². The molecule has 0 atom stereocenters. The highest BCUT2D eigenvalue weighted by atomic mass is 32.2. The predicted octanol–water partition coefficient (Wildman–Crippen LogP) is 1.49. The van der Waals surface area contributed by atoms with Gasteiger partial charge in [-0.1, -0.05) is 17.7 Å². The molecule has 0 radical (unpaired) electrons. The molecular weight excluding hydrogens is 418 g/mol. The average molecular weight is 440 g/mol. The number of anilines is 1. The van der Waals surface area contributed by atoms with E-state index in [0.717, 1.165) is 11.3 Å². The molecule has 11 heteroatoms. The first-order chi connectivity index (χ1) is 15.0. The third-order valence-corrected chi connectivity index (χ3v) is 5.06. The minimum absolute atomic E-state index is 0.132. The number of carbonyl (C=O) groups excluding carboxylic acids is 3. The van der Waals surface area contributed by atoms with Crippen LogP contribution in [-0.4, -0.2) is 49.4 Å². The molecule has 0 saturated heterocycles. The smallest absolute Gasteiger partial charge is 0.269 e. The second-order valence-corrected chi connectivity index (χ2v) is 7.63. The van der Waals surface area contributed by atoms with E-state index in [1.165, 1.54) is 22.8 Å². The predicted molar refractivity (Wildman–Crippen MR) is 117 cm³/mol. The van der Waals surface area contributed by atoms with E-state index in [4.69, 9.17) is 0 Å². The molecule has 2 aromatic carbocycles. The lowest BCUT2D eigenvalue weighted by Gasteiger charge is -2.08. The van der Waals surface area contributed by atoms with Crippen LogP contribution in [0, 0.1) is 6.92 Å². The number of thioether (sulfide) groups is 1. The number of benzene rings is 2. The van der Waals surface area contributed by atoms with Gasteiger partial charge in [-0.15, -0.1) is 5.10 Å². The van der Waals surface area contributed by atoms with Crippen molar-refractivity contribution in [3.63, 3.8) is 0 Å². The highest BCUT2D eigenvalue weighted by Crippen LogP contribution is 2.10. The minimum Gasteiger partial charge on any atom is -0.325 e. The Morgan fingerprint density at radius 3 is 2.39 bits per heavy atom. The molecule has 0 unspecified atom stereocenters. The van der Waals surface area contributed by atoms with Crippen LogP contribution in [0.25, 0.3) is 5.69 Å². The molecule has 3 N–H and O–H groups in total. The normalized spacial score (nSPS) is 10.4. The fourth-order valence-corrected chi connectivity index (χ4v) is 3.20. The van der Waals surface area contributed by atoms with Gasteiger partial charge in [-0.3, -0.25) is 25.2 Å². The van der Waals surface area contributed by atoms with Crippen LogP contribution in [0.2, 0.25) is 0 Å². The molecule has 160 valence electrons. The number of amides is 3. The third-order valence-electron chi connectivity index (χ3n) is 4.10. The number of nitrogens with zero attached hydrogens (tertiary/aromatic N) is 4. The summed E-state index contributed by atoms with van der Waals surface area (Å²) in [7, 11) is 0. The van der Waals surface area contributed by atoms with Crippen LogP contribution in [0.15, 0.2) is 54.9 Å². The lowest BCUT2D eigenvalue weighted by atomic mass is 10.2. The van der Waals surface area contributed by atoms with Crippen molar-refractivity contribution in [2.24, 2.45) is 0 Å². The van der Waals surface area contributed by atoms with Crippen molar-refractivity contribution in [2.45, 2.75) is 13.3 Å². The van der Waals surface area contributed by atoms with Gasteiger partial charge in [0.15, 0.2) is 0 Å². The van der Waals surface area contributed by atoms with Crippen molar-refractivity contribution in [1.82, 2.24) is 31.1 Å². The molecular formula is C20H21N7O3S. The summed E-state index contributed by atoms with van der Waals surface area (Å²) in [6, 6.07) is 14.1. The Kier molecular flexibility index (Phi) is 7.71. The van der Waals surface area contributed by atoms with Crippen molar-refractivity contribution < 1.29 is 14.4 Å². The summed E-state index contributed by atoms with van der Waals surface area (Å²) in [4.78, 5) is 35.9. The standard InChI is InChI=1S/C20H21N7O3S/c1-14-2-6-16(7-3-14)22-19(29)12-31-11-10-18(28)23-24-20(30)15-4-8-17(9-5-15)27-13-21-25-26-27/h2-9,13H,10-12H2,1H3,(H,22,29)(H,23,28)(H,24,30). The van der Waals surface area contributed by atoms with Crippen LogP contribution < -0.4 is 16.2 Å². The molecule has 1 aromatic heterocycles. The van der Waals surface area contributed by atoms with Crippen LogP contribution in [0.1, 0.15) is 22.3 Å². The highest BCUT2D eigenvalue weighted by molar-refractivity contribution is 7.99. The van der Waals surface area contributed by atoms with Gasteiger partial charge in [0.1, 0.15) is 6.33 Å². The maximum absolute atomic E-state index is 12.1. The molecule has 0 aliphatic heterocycles.